The summed E-state index contributed by atoms with van der Waals surface area (Å²) in [6, 6.07) is 6.04. The molecule has 0 unspecified atom stereocenters. The van der Waals surface area contributed by atoms with Crippen LogP contribution in [0.4, 0.5) is 0 Å². The molecule has 0 radical (unpaired) electrons. The molecular weight excluding hydrogens is 308 g/mol. The van der Waals surface area contributed by atoms with Crippen LogP contribution in [0.15, 0.2) is 22.7 Å². The standard InChI is InChI=1S/C14H23BrO2Si/c1-14(2,18(4)5)10-17-9-11-6-7-12(15)8-13(11)16-3/h6-8,18H,9-10H2,1-5H3. The summed E-state index contributed by atoms with van der Waals surface area (Å²) < 4.78 is 12.2. The molecule has 0 amide bonds. The van der Waals surface area contributed by atoms with Gasteiger partial charge in [-0.05, 0) is 17.2 Å². The summed E-state index contributed by atoms with van der Waals surface area (Å²) in [5, 5.41) is 0.336. The molecule has 0 aliphatic rings. The van der Waals surface area contributed by atoms with Gasteiger partial charge in [0.2, 0.25) is 0 Å². The predicted molar refractivity (Wildman–Crippen MR) is 83.3 cm³/mol. The van der Waals surface area contributed by atoms with Crippen LogP contribution in [0.5, 0.6) is 5.75 Å². The topological polar surface area (TPSA) is 18.5 Å². The molecule has 102 valence electrons. The van der Waals surface area contributed by atoms with Gasteiger partial charge in [0.1, 0.15) is 5.75 Å². The molecule has 0 bridgehead atoms. The van der Waals surface area contributed by atoms with Gasteiger partial charge in [-0.1, -0.05) is 48.9 Å². The minimum absolute atomic E-state index is 0.336. The molecule has 1 rings (SSSR count). The van der Waals surface area contributed by atoms with Crippen LogP contribution in [0.3, 0.4) is 0 Å². The van der Waals surface area contributed by atoms with Crippen LogP contribution in [-0.4, -0.2) is 22.5 Å². The number of halogens is 1. The molecule has 0 fully saturated rings. The molecule has 0 atom stereocenters. The van der Waals surface area contributed by atoms with Gasteiger partial charge in [-0.2, -0.15) is 0 Å². The molecule has 0 saturated heterocycles. The van der Waals surface area contributed by atoms with Crippen LogP contribution in [0.25, 0.3) is 0 Å². The summed E-state index contributed by atoms with van der Waals surface area (Å²) in [5.74, 6) is 0.879. The molecular formula is C14H23BrO2Si. The smallest absolute Gasteiger partial charge is 0.125 e. The van der Waals surface area contributed by atoms with Crippen molar-refractivity contribution in [1.82, 2.24) is 0 Å². The Hall–Kier alpha value is -0.323. The number of hydrogen-bond donors (Lipinski definition) is 0. The highest BCUT2D eigenvalue weighted by atomic mass is 79.9. The third-order valence-corrected chi connectivity index (χ3v) is 7.33. The first kappa shape index (κ1) is 15.7. The van der Waals surface area contributed by atoms with Crippen LogP contribution in [0.1, 0.15) is 19.4 Å². The van der Waals surface area contributed by atoms with E-state index in [0.717, 1.165) is 22.4 Å². The Bertz CT molecular complexity index is 391. The van der Waals surface area contributed by atoms with Crippen LogP contribution in [-0.2, 0) is 11.3 Å². The molecule has 0 spiro atoms. The molecule has 4 heteroatoms. The highest BCUT2D eigenvalue weighted by molar-refractivity contribution is 9.10. The minimum Gasteiger partial charge on any atom is -0.496 e. The lowest BCUT2D eigenvalue weighted by atomic mass is 10.2. The van der Waals surface area contributed by atoms with E-state index in [-0.39, 0.29) is 0 Å². The largest absolute Gasteiger partial charge is 0.496 e. The van der Waals surface area contributed by atoms with Crippen LogP contribution in [0.2, 0.25) is 18.1 Å². The second-order valence-electron chi connectivity index (χ2n) is 5.59. The Morgan fingerprint density at radius 1 is 1.28 bits per heavy atom. The highest BCUT2D eigenvalue weighted by Gasteiger charge is 2.23. The van der Waals surface area contributed by atoms with Gasteiger partial charge in [-0.15, -0.1) is 0 Å². The quantitative estimate of drug-likeness (QED) is 0.726. The summed E-state index contributed by atoms with van der Waals surface area (Å²) in [4.78, 5) is 0. The van der Waals surface area contributed by atoms with Crippen molar-refractivity contribution in [3.8, 4) is 5.75 Å². The van der Waals surface area contributed by atoms with E-state index in [0.29, 0.717) is 11.6 Å². The van der Waals surface area contributed by atoms with E-state index in [2.05, 4.69) is 42.9 Å². The summed E-state index contributed by atoms with van der Waals surface area (Å²) >= 11 is 3.44. The van der Waals surface area contributed by atoms with Gasteiger partial charge >= 0.3 is 0 Å². The monoisotopic (exact) mass is 330 g/mol. The maximum atomic E-state index is 5.87. The lowest BCUT2D eigenvalue weighted by Gasteiger charge is -2.28. The normalized spacial score (nSPS) is 11.9. The number of methoxy groups -OCH3 is 1. The fraction of sp³-hybridized carbons (Fsp3) is 0.571. The fourth-order valence-corrected chi connectivity index (χ4v) is 2.22. The zero-order valence-electron chi connectivity index (χ0n) is 11.9. The maximum Gasteiger partial charge on any atom is 0.125 e. The molecule has 0 aliphatic carbocycles. The van der Waals surface area contributed by atoms with Crippen molar-refractivity contribution >= 4 is 24.7 Å². The van der Waals surface area contributed by atoms with Gasteiger partial charge in [0.15, 0.2) is 0 Å². The second kappa shape index (κ2) is 6.73. The van der Waals surface area contributed by atoms with E-state index in [9.17, 15) is 0 Å². The maximum absolute atomic E-state index is 5.87. The van der Waals surface area contributed by atoms with Crippen molar-refractivity contribution in [3.63, 3.8) is 0 Å². The first-order valence-electron chi connectivity index (χ1n) is 6.27. The van der Waals surface area contributed by atoms with Crippen molar-refractivity contribution < 1.29 is 9.47 Å². The van der Waals surface area contributed by atoms with Crippen molar-refractivity contribution in [2.24, 2.45) is 0 Å². The average molecular weight is 331 g/mol. The van der Waals surface area contributed by atoms with Gasteiger partial charge in [0, 0.05) is 25.4 Å². The summed E-state index contributed by atoms with van der Waals surface area (Å²) in [7, 11) is 0.994. The van der Waals surface area contributed by atoms with E-state index >= 15 is 0 Å². The van der Waals surface area contributed by atoms with Gasteiger partial charge < -0.3 is 9.47 Å². The summed E-state index contributed by atoms with van der Waals surface area (Å²) in [5.41, 5.74) is 1.10. The molecule has 18 heavy (non-hydrogen) atoms. The van der Waals surface area contributed by atoms with Crippen LogP contribution < -0.4 is 4.74 Å². The Morgan fingerprint density at radius 2 is 1.94 bits per heavy atom. The van der Waals surface area contributed by atoms with Crippen molar-refractivity contribution in [3.05, 3.63) is 28.2 Å². The van der Waals surface area contributed by atoms with E-state index < -0.39 is 8.80 Å². The van der Waals surface area contributed by atoms with Crippen LogP contribution in [0, 0.1) is 0 Å². The van der Waals surface area contributed by atoms with Crippen molar-refractivity contribution in [2.45, 2.75) is 38.6 Å². The molecule has 2 nitrogen and oxygen atoms in total. The Kier molecular flexibility index (Phi) is 5.88. The SMILES string of the molecule is COc1cc(Br)ccc1COCC(C)(C)[SiH](C)C. The van der Waals surface area contributed by atoms with Gasteiger partial charge in [-0.25, -0.2) is 0 Å². The average Bonchev–Trinajstić information content (AvgIpc) is 2.30. The predicted octanol–water partition coefficient (Wildman–Crippen LogP) is 4.24. The van der Waals surface area contributed by atoms with Crippen molar-refractivity contribution in [2.75, 3.05) is 13.7 Å². The molecule has 0 heterocycles. The Labute approximate surface area is 120 Å². The summed E-state index contributed by atoms with van der Waals surface area (Å²) in [6.45, 7) is 10.7. The Morgan fingerprint density at radius 3 is 2.50 bits per heavy atom. The molecule has 0 aromatic heterocycles. The molecule has 0 saturated carbocycles. The fourth-order valence-electron chi connectivity index (χ4n) is 1.43. The summed E-state index contributed by atoms with van der Waals surface area (Å²) in [6.07, 6.45) is 0. The van der Waals surface area contributed by atoms with E-state index in [4.69, 9.17) is 9.47 Å². The van der Waals surface area contributed by atoms with Crippen LogP contribution >= 0.6 is 15.9 Å². The minimum atomic E-state index is -0.697. The number of hydrogen-bond acceptors (Lipinski definition) is 2. The molecule has 1 aromatic rings. The third-order valence-electron chi connectivity index (χ3n) is 3.54. The van der Waals surface area contributed by atoms with Gasteiger partial charge in [0.25, 0.3) is 0 Å². The highest BCUT2D eigenvalue weighted by Crippen LogP contribution is 2.30. The molecule has 1 aromatic carbocycles. The van der Waals surface area contributed by atoms with E-state index in [1.165, 1.54) is 0 Å². The number of ether oxygens (including phenoxy) is 2. The first-order valence-corrected chi connectivity index (χ1v) is 9.95. The van der Waals surface area contributed by atoms with E-state index in [1.54, 1.807) is 7.11 Å². The number of rotatable bonds is 6. The molecule has 0 aliphatic heterocycles. The van der Waals surface area contributed by atoms with Gasteiger partial charge in [0.05, 0.1) is 13.7 Å². The Balaban J connectivity index is 2.59. The number of benzene rings is 1. The second-order valence-corrected chi connectivity index (χ2v) is 10.4. The zero-order valence-corrected chi connectivity index (χ0v) is 14.7. The van der Waals surface area contributed by atoms with Crippen molar-refractivity contribution in [1.29, 1.82) is 0 Å². The zero-order chi connectivity index (χ0) is 13.8. The first-order chi connectivity index (χ1) is 8.36. The lowest BCUT2D eigenvalue weighted by Crippen LogP contribution is -2.26. The lowest BCUT2D eigenvalue weighted by molar-refractivity contribution is 0.0990. The van der Waals surface area contributed by atoms with E-state index in [1.807, 2.05) is 18.2 Å². The van der Waals surface area contributed by atoms with Gasteiger partial charge in [-0.3, -0.25) is 0 Å². The third kappa shape index (κ3) is 4.41. The molecule has 0 N–H and O–H groups in total.